The van der Waals surface area contributed by atoms with Crippen molar-refractivity contribution in [3.63, 3.8) is 0 Å². The van der Waals surface area contributed by atoms with Gasteiger partial charge in [0.15, 0.2) is 0 Å². The van der Waals surface area contributed by atoms with Crippen LogP contribution in [-0.2, 0) is 0 Å². The van der Waals surface area contributed by atoms with Crippen LogP contribution in [0.3, 0.4) is 0 Å². The SMILES string of the molecule is CCC1CCC(c2ccc(-c3ccc4c(c3)OC(C)CN4C(=O)Nc3ccc(C)cc3C)cc2)CC1. The zero-order valence-electron chi connectivity index (χ0n) is 22.0. The number of rotatable bonds is 4. The van der Waals surface area contributed by atoms with Crippen LogP contribution in [0, 0.1) is 19.8 Å². The monoisotopic (exact) mass is 482 g/mol. The summed E-state index contributed by atoms with van der Waals surface area (Å²) in [7, 11) is 0. The van der Waals surface area contributed by atoms with Crippen LogP contribution in [0.25, 0.3) is 11.1 Å². The van der Waals surface area contributed by atoms with Crippen LogP contribution in [0.5, 0.6) is 5.75 Å². The molecule has 2 aliphatic rings. The van der Waals surface area contributed by atoms with E-state index in [4.69, 9.17) is 4.74 Å². The van der Waals surface area contributed by atoms with Crippen molar-refractivity contribution in [2.75, 3.05) is 16.8 Å². The maximum Gasteiger partial charge on any atom is 0.326 e. The van der Waals surface area contributed by atoms with Gasteiger partial charge in [0.05, 0.1) is 12.2 Å². The highest BCUT2D eigenvalue weighted by molar-refractivity contribution is 6.03. The maximum atomic E-state index is 13.3. The van der Waals surface area contributed by atoms with Crippen molar-refractivity contribution in [3.05, 3.63) is 77.4 Å². The fourth-order valence-corrected chi connectivity index (χ4v) is 5.80. The van der Waals surface area contributed by atoms with Gasteiger partial charge in [0, 0.05) is 5.69 Å². The van der Waals surface area contributed by atoms with Gasteiger partial charge in [0.25, 0.3) is 0 Å². The second kappa shape index (κ2) is 10.4. The lowest BCUT2D eigenvalue weighted by atomic mass is 9.77. The molecule has 3 aromatic rings. The Morgan fingerprint density at radius 1 is 0.944 bits per heavy atom. The van der Waals surface area contributed by atoms with Gasteiger partial charge in [0.2, 0.25) is 0 Å². The predicted octanol–water partition coefficient (Wildman–Crippen LogP) is 8.47. The van der Waals surface area contributed by atoms with Crippen LogP contribution in [0.2, 0.25) is 0 Å². The van der Waals surface area contributed by atoms with Gasteiger partial charge in [-0.25, -0.2) is 4.79 Å². The van der Waals surface area contributed by atoms with Gasteiger partial charge < -0.3 is 10.1 Å². The first-order valence-electron chi connectivity index (χ1n) is 13.5. The number of carbonyl (C=O) groups excluding carboxylic acids is 1. The summed E-state index contributed by atoms with van der Waals surface area (Å²) in [5.74, 6) is 2.36. The molecule has 1 aliphatic carbocycles. The lowest BCUT2D eigenvalue weighted by Crippen LogP contribution is -2.44. The van der Waals surface area contributed by atoms with Gasteiger partial charge in [-0.15, -0.1) is 0 Å². The Balaban J connectivity index is 1.33. The van der Waals surface area contributed by atoms with E-state index in [9.17, 15) is 4.79 Å². The largest absolute Gasteiger partial charge is 0.487 e. The molecule has 4 nitrogen and oxygen atoms in total. The van der Waals surface area contributed by atoms with Crippen LogP contribution in [0.1, 0.15) is 68.6 Å². The van der Waals surface area contributed by atoms with E-state index in [-0.39, 0.29) is 12.1 Å². The minimum Gasteiger partial charge on any atom is -0.487 e. The molecule has 3 aromatic carbocycles. The molecule has 188 valence electrons. The summed E-state index contributed by atoms with van der Waals surface area (Å²) in [5.41, 5.74) is 7.64. The van der Waals surface area contributed by atoms with Crippen LogP contribution >= 0.6 is 0 Å². The molecule has 1 unspecified atom stereocenters. The van der Waals surface area contributed by atoms with E-state index in [2.05, 4.69) is 61.6 Å². The average Bonchev–Trinajstić information content (AvgIpc) is 2.89. The molecule has 5 rings (SSSR count). The van der Waals surface area contributed by atoms with Gasteiger partial charge in [-0.2, -0.15) is 0 Å². The Kier molecular flexibility index (Phi) is 7.04. The van der Waals surface area contributed by atoms with Crippen molar-refractivity contribution >= 4 is 17.4 Å². The second-order valence-corrected chi connectivity index (χ2v) is 10.7. The maximum absolute atomic E-state index is 13.3. The molecule has 1 aliphatic heterocycles. The fraction of sp³-hybridized carbons (Fsp3) is 0.406. The van der Waals surface area contributed by atoms with Crippen LogP contribution in [-0.4, -0.2) is 18.7 Å². The van der Waals surface area contributed by atoms with Gasteiger partial charge in [-0.3, -0.25) is 4.90 Å². The van der Waals surface area contributed by atoms with Gasteiger partial charge in [0.1, 0.15) is 11.9 Å². The molecule has 1 saturated carbocycles. The summed E-state index contributed by atoms with van der Waals surface area (Å²) < 4.78 is 6.18. The van der Waals surface area contributed by atoms with E-state index >= 15 is 0 Å². The van der Waals surface area contributed by atoms with Gasteiger partial charge >= 0.3 is 6.03 Å². The lowest BCUT2D eigenvalue weighted by molar-refractivity contribution is 0.209. The minimum atomic E-state index is -0.131. The molecule has 1 heterocycles. The number of amides is 2. The summed E-state index contributed by atoms with van der Waals surface area (Å²) >= 11 is 0. The summed E-state index contributed by atoms with van der Waals surface area (Å²) in [6, 6.07) is 21.2. The van der Waals surface area contributed by atoms with Crippen molar-refractivity contribution in [2.24, 2.45) is 5.92 Å². The summed E-state index contributed by atoms with van der Waals surface area (Å²) in [6.45, 7) is 8.92. The molecule has 0 bridgehead atoms. The molecule has 1 atom stereocenters. The molecule has 0 spiro atoms. The fourth-order valence-electron chi connectivity index (χ4n) is 5.80. The zero-order chi connectivity index (χ0) is 25.2. The molecule has 2 amide bonds. The molecular weight excluding hydrogens is 444 g/mol. The predicted molar refractivity (Wildman–Crippen MR) is 149 cm³/mol. The third-order valence-electron chi connectivity index (χ3n) is 8.03. The smallest absolute Gasteiger partial charge is 0.326 e. The van der Waals surface area contributed by atoms with Crippen molar-refractivity contribution < 1.29 is 9.53 Å². The Morgan fingerprint density at radius 2 is 1.67 bits per heavy atom. The van der Waals surface area contributed by atoms with E-state index in [0.717, 1.165) is 34.2 Å². The first-order chi connectivity index (χ1) is 17.4. The molecule has 4 heteroatoms. The minimum absolute atomic E-state index is 0.0850. The van der Waals surface area contributed by atoms with Gasteiger partial charge in [-0.1, -0.05) is 61.4 Å². The molecule has 1 fully saturated rings. The number of carbonyl (C=O) groups is 1. The third-order valence-corrected chi connectivity index (χ3v) is 8.03. The van der Waals surface area contributed by atoms with E-state index in [1.165, 1.54) is 48.8 Å². The highest BCUT2D eigenvalue weighted by atomic mass is 16.5. The zero-order valence-corrected chi connectivity index (χ0v) is 22.0. The molecule has 36 heavy (non-hydrogen) atoms. The summed E-state index contributed by atoms with van der Waals surface area (Å²) in [6.07, 6.45) is 6.56. The van der Waals surface area contributed by atoms with E-state index in [1.807, 2.05) is 32.0 Å². The summed E-state index contributed by atoms with van der Waals surface area (Å²) in [4.78, 5) is 15.0. The quantitative estimate of drug-likeness (QED) is 0.405. The first-order valence-corrected chi connectivity index (χ1v) is 13.5. The molecule has 0 radical (unpaired) electrons. The number of nitrogens with zero attached hydrogens (tertiary/aromatic N) is 1. The number of ether oxygens (including phenoxy) is 1. The Labute approximate surface area is 215 Å². The number of urea groups is 1. The number of fused-ring (bicyclic) bond motifs is 1. The highest BCUT2D eigenvalue weighted by Crippen LogP contribution is 2.40. The third kappa shape index (κ3) is 5.13. The number of aryl methyl sites for hydroxylation is 2. The van der Waals surface area contributed by atoms with Crippen LogP contribution < -0.4 is 15.0 Å². The second-order valence-electron chi connectivity index (χ2n) is 10.7. The molecule has 0 saturated heterocycles. The van der Waals surface area contributed by atoms with Crippen molar-refractivity contribution in [1.29, 1.82) is 0 Å². The summed E-state index contributed by atoms with van der Waals surface area (Å²) in [5, 5.41) is 3.09. The number of hydrogen-bond acceptors (Lipinski definition) is 2. The Hall–Kier alpha value is -3.27. The number of benzene rings is 3. The highest BCUT2D eigenvalue weighted by Gasteiger charge is 2.28. The first kappa shape index (κ1) is 24.4. The lowest BCUT2D eigenvalue weighted by Gasteiger charge is -2.34. The van der Waals surface area contributed by atoms with E-state index in [0.29, 0.717) is 12.5 Å². The van der Waals surface area contributed by atoms with Crippen LogP contribution in [0.4, 0.5) is 16.2 Å². The van der Waals surface area contributed by atoms with E-state index in [1.54, 1.807) is 4.90 Å². The van der Waals surface area contributed by atoms with Crippen molar-refractivity contribution in [1.82, 2.24) is 0 Å². The Morgan fingerprint density at radius 3 is 2.36 bits per heavy atom. The average molecular weight is 483 g/mol. The van der Waals surface area contributed by atoms with E-state index < -0.39 is 0 Å². The normalized spacial score (nSPS) is 21.4. The standard InChI is InChI=1S/C32H38N2O2/c1-5-24-7-9-25(10-8-24)26-11-13-27(14-12-26)28-15-17-30-31(19-28)36-23(4)20-34(30)32(35)33-29-16-6-21(2)18-22(29)3/h6,11-19,23-25H,5,7-10,20H2,1-4H3,(H,33,35). The Bertz CT molecular complexity index is 1230. The van der Waals surface area contributed by atoms with Gasteiger partial charge in [-0.05, 0) is 98.7 Å². The molecular formula is C32H38N2O2. The van der Waals surface area contributed by atoms with Crippen LogP contribution in [0.15, 0.2) is 60.7 Å². The number of hydrogen-bond donors (Lipinski definition) is 1. The molecule has 0 aromatic heterocycles. The topological polar surface area (TPSA) is 41.6 Å². The molecule has 1 N–H and O–H groups in total. The number of nitrogens with one attached hydrogen (secondary N) is 1. The van der Waals surface area contributed by atoms with Crippen molar-refractivity contribution in [2.45, 2.75) is 71.8 Å². The van der Waals surface area contributed by atoms with Crippen molar-refractivity contribution in [3.8, 4) is 16.9 Å². The number of anilines is 2.